The van der Waals surface area contributed by atoms with Gasteiger partial charge in [-0.1, -0.05) is 19.6 Å². The minimum absolute atomic E-state index is 0.196. The molecule has 0 spiro atoms. The lowest BCUT2D eigenvalue weighted by atomic mass is 10.1. The molecule has 0 atom stereocenters. The number of ether oxygens (including phenoxy) is 1. The molecule has 0 aliphatic carbocycles. The summed E-state index contributed by atoms with van der Waals surface area (Å²) in [6, 6.07) is 0. The molecule has 0 unspecified atom stereocenters. The van der Waals surface area contributed by atoms with Crippen molar-refractivity contribution in [2.75, 3.05) is 6.61 Å². The molecular weight excluding hydrogens is 204 g/mol. The van der Waals surface area contributed by atoms with Crippen molar-refractivity contribution in [2.24, 2.45) is 0 Å². The quantitative estimate of drug-likeness (QED) is 0.317. The van der Waals surface area contributed by atoms with Crippen molar-refractivity contribution in [2.45, 2.75) is 38.9 Å². The zero-order valence-corrected chi connectivity index (χ0v) is 10.7. The van der Waals surface area contributed by atoms with Crippen LogP contribution in [0.3, 0.4) is 0 Å². The van der Waals surface area contributed by atoms with E-state index in [2.05, 4.69) is 31.1 Å². The monoisotopic (exact) mass is 222 g/mol. The largest absolute Gasteiger partial charge is 0.458 e. The number of rotatable bonds is 3. The van der Waals surface area contributed by atoms with Gasteiger partial charge < -0.3 is 4.74 Å². The summed E-state index contributed by atoms with van der Waals surface area (Å²) in [5.74, 6) is 3.02. The molecule has 0 fully saturated rings. The molecule has 0 saturated carbocycles. The lowest BCUT2D eigenvalue weighted by molar-refractivity contribution is -0.134. The first-order valence-electron chi connectivity index (χ1n) is 5.33. The van der Waals surface area contributed by atoms with E-state index in [0.29, 0.717) is 6.61 Å². The lowest BCUT2D eigenvalue weighted by Crippen LogP contribution is -2.16. The molecule has 1 aliphatic heterocycles. The molecule has 15 heavy (non-hydrogen) atoms. The van der Waals surface area contributed by atoms with Gasteiger partial charge in [0.1, 0.15) is 14.7 Å². The molecule has 1 aliphatic rings. The predicted octanol–water partition coefficient (Wildman–Crippen LogP) is 2.52. The van der Waals surface area contributed by atoms with E-state index in [9.17, 15) is 4.79 Å². The zero-order chi connectivity index (χ0) is 11.3. The minimum atomic E-state index is -1.20. The molecule has 0 radical (unpaired) electrons. The van der Waals surface area contributed by atoms with E-state index in [-0.39, 0.29) is 5.97 Å². The Morgan fingerprint density at radius 1 is 1.47 bits per heavy atom. The minimum Gasteiger partial charge on any atom is -0.458 e. The fraction of sp³-hybridized carbons (Fsp3) is 0.583. The van der Waals surface area contributed by atoms with E-state index in [1.165, 1.54) is 0 Å². The van der Waals surface area contributed by atoms with Gasteiger partial charge in [0.15, 0.2) is 0 Å². The molecule has 82 valence electrons. The van der Waals surface area contributed by atoms with E-state index in [4.69, 9.17) is 4.74 Å². The van der Waals surface area contributed by atoms with Crippen LogP contribution in [0.5, 0.6) is 0 Å². The smallest absolute Gasteiger partial charge is 0.331 e. The zero-order valence-electron chi connectivity index (χ0n) is 9.72. The second kappa shape index (κ2) is 5.18. The predicted molar refractivity (Wildman–Crippen MR) is 64.0 cm³/mol. The molecule has 0 bridgehead atoms. The number of hydrogen-bond donors (Lipinski definition) is 0. The average molecular weight is 222 g/mol. The highest BCUT2D eigenvalue weighted by molar-refractivity contribution is 6.83. The van der Waals surface area contributed by atoms with Gasteiger partial charge in [-0.25, -0.2) is 4.79 Å². The standard InChI is InChI=1S/C12H18O2Si/c1-15(2,3)8-6-4-5-7-11-9-12(13)14-10-11/h9H,4-5,7,10H2,1-3H3. The molecule has 0 amide bonds. The lowest BCUT2D eigenvalue weighted by Gasteiger charge is -2.03. The van der Waals surface area contributed by atoms with Crippen molar-refractivity contribution >= 4 is 14.0 Å². The van der Waals surface area contributed by atoms with E-state index >= 15 is 0 Å². The first-order valence-corrected chi connectivity index (χ1v) is 8.83. The van der Waals surface area contributed by atoms with Gasteiger partial charge in [0.2, 0.25) is 0 Å². The number of carbonyl (C=O) groups excluding carboxylic acids is 1. The molecule has 1 heterocycles. The average Bonchev–Trinajstić information content (AvgIpc) is 2.49. The fourth-order valence-electron chi connectivity index (χ4n) is 1.29. The maximum Gasteiger partial charge on any atom is 0.331 e. The van der Waals surface area contributed by atoms with Crippen molar-refractivity contribution in [3.63, 3.8) is 0 Å². The van der Waals surface area contributed by atoms with Gasteiger partial charge in [-0.05, 0) is 18.4 Å². The summed E-state index contributed by atoms with van der Waals surface area (Å²) in [6.45, 7) is 7.21. The van der Waals surface area contributed by atoms with Crippen LogP contribution >= 0.6 is 0 Å². The van der Waals surface area contributed by atoms with Crippen molar-refractivity contribution in [3.05, 3.63) is 11.6 Å². The third-order valence-electron chi connectivity index (χ3n) is 1.98. The first-order chi connectivity index (χ1) is 6.97. The van der Waals surface area contributed by atoms with Crippen molar-refractivity contribution in [1.82, 2.24) is 0 Å². The second-order valence-corrected chi connectivity index (χ2v) is 9.57. The van der Waals surface area contributed by atoms with Gasteiger partial charge in [0, 0.05) is 12.5 Å². The third-order valence-corrected chi connectivity index (χ3v) is 2.91. The van der Waals surface area contributed by atoms with Crippen molar-refractivity contribution < 1.29 is 9.53 Å². The summed E-state index contributed by atoms with van der Waals surface area (Å²) in [5.41, 5.74) is 4.43. The summed E-state index contributed by atoms with van der Waals surface area (Å²) in [6.07, 6.45) is 4.49. The Labute approximate surface area is 92.7 Å². The van der Waals surface area contributed by atoms with Gasteiger partial charge in [0.05, 0.1) is 0 Å². The number of hydrogen-bond acceptors (Lipinski definition) is 2. The molecule has 0 aromatic rings. The van der Waals surface area contributed by atoms with Crippen LogP contribution in [0.15, 0.2) is 11.6 Å². The Morgan fingerprint density at radius 2 is 2.20 bits per heavy atom. The van der Waals surface area contributed by atoms with Crippen LogP contribution in [-0.2, 0) is 9.53 Å². The van der Waals surface area contributed by atoms with E-state index in [1.54, 1.807) is 6.08 Å². The normalized spacial score (nSPS) is 15.4. The topological polar surface area (TPSA) is 26.3 Å². The summed E-state index contributed by atoms with van der Waals surface area (Å²) < 4.78 is 4.82. The number of esters is 1. The van der Waals surface area contributed by atoms with Crippen LogP contribution < -0.4 is 0 Å². The summed E-state index contributed by atoms with van der Waals surface area (Å²) in [5, 5.41) is 0. The van der Waals surface area contributed by atoms with Gasteiger partial charge in [-0.3, -0.25) is 0 Å². The molecule has 0 saturated heterocycles. The van der Waals surface area contributed by atoms with Crippen LogP contribution in [0.1, 0.15) is 19.3 Å². The first kappa shape index (κ1) is 12.1. The number of unbranched alkanes of at least 4 members (excludes halogenated alkanes) is 1. The molecule has 3 heteroatoms. The summed E-state index contributed by atoms with van der Waals surface area (Å²) in [7, 11) is -1.20. The third kappa shape index (κ3) is 5.43. The highest BCUT2D eigenvalue weighted by atomic mass is 28.3. The highest BCUT2D eigenvalue weighted by Gasteiger charge is 2.11. The summed E-state index contributed by atoms with van der Waals surface area (Å²) >= 11 is 0. The molecule has 0 aromatic heterocycles. The Morgan fingerprint density at radius 3 is 2.73 bits per heavy atom. The van der Waals surface area contributed by atoms with Crippen LogP contribution in [0, 0.1) is 11.5 Å². The maximum atomic E-state index is 10.8. The molecule has 0 N–H and O–H groups in total. The Balaban J connectivity index is 2.19. The fourth-order valence-corrected chi connectivity index (χ4v) is 1.94. The Hall–Kier alpha value is -1.01. The van der Waals surface area contributed by atoms with Gasteiger partial charge in [0.25, 0.3) is 0 Å². The van der Waals surface area contributed by atoms with Gasteiger partial charge in [-0.15, -0.1) is 11.5 Å². The van der Waals surface area contributed by atoms with Crippen LogP contribution in [0.4, 0.5) is 0 Å². The SMILES string of the molecule is C[Si](C)(C)C#CCCCC1=CC(=O)OC1. The maximum absolute atomic E-state index is 10.8. The molecule has 1 rings (SSSR count). The van der Waals surface area contributed by atoms with E-state index < -0.39 is 8.07 Å². The van der Waals surface area contributed by atoms with E-state index in [0.717, 1.165) is 24.8 Å². The Kier molecular flexibility index (Phi) is 4.16. The molecular formula is C12H18O2Si. The van der Waals surface area contributed by atoms with Crippen LogP contribution in [0.25, 0.3) is 0 Å². The summed E-state index contributed by atoms with van der Waals surface area (Å²) in [4.78, 5) is 10.8. The molecule has 0 aromatic carbocycles. The van der Waals surface area contributed by atoms with Gasteiger partial charge in [-0.2, -0.15) is 0 Å². The second-order valence-electron chi connectivity index (χ2n) is 4.82. The highest BCUT2D eigenvalue weighted by Crippen LogP contribution is 2.13. The Bertz CT molecular complexity index is 326. The van der Waals surface area contributed by atoms with Crippen molar-refractivity contribution in [1.29, 1.82) is 0 Å². The van der Waals surface area contributed by atoms with Crippen LogP contribution in [0.2, 0.25) is 19.6 Å². The van der Waals surface area contributed by atoms with E-state index in [1.807, 2.05) is 0 Å². The molecule has 2 nitrogen and oxygen atoms in total. The number of carbonyl (C=O) groups is 1. The van der Waals surface area contributed by atoms with Crippen LogP contribution in [-0.4, -0.2) is 20.7 Å². The van der Waals surface area contributed by atoms with Crippen molar-refractivity contribution in [3.8, 4) is 11.5 Å². The van der Waals surface area contributed by atoms with Gasteiger partial charge >= 0.3 is 5.97 Å². The number of cyclic esters (lactones) is 1.